The zero-order valence-corrected chi connectivity index (χ0v) is 10.2. The molecule has 0 heterocycles. The van der Waals surface area contributed by atoms with Gasteiger partial charge in [-0.15, -0.1) is 0 Å². The summed E-state index contributed by atoms with van der Waals surface area (Å²) in [6.45, 7) is 1.86. The summed E-state index contributed by atoms with van der Waals surface area (Å²) in [5.74, 6) is -0.234. The van der Waals surface area contributed by atoms with Crippen molar-refractivity contribution in [2.75, 3.05) is 5.33 Å². The van der Waals surface area contributed by atoms with E-state index in [1.54, 1.807) is 0 Å². The maximum Gasteiger partial charge on any atom is 0.269 e. The van der Waals surface area contributed by atoms with Crippen LogP contribution in [0.25, 0.3) is 0 Å². The van der Waals surface area contributed by atoms with E-state index < -0.39 is 4.92 Å². The number of nitro groups is 1. The van der Waals surface area contributed by atoms with E-state index in [-0.39, 0.29) is 17.6 Å². The molecule has 16 heavy (non-hydrogen) atoms. The number of hydrogen-bond acceptors (Lipinski definition) is 3. The highest BCUT2D eigenvalue weighted by molar-refractivity contribution is 9.09. The van der Waals surface area contributed by atoms with Crippen LogP contribution in [0.15, 0.2) is 24.3 Å². The molecular weight excluding hydrogens is 276 g/mol. The summed E-state index contributed by atoms with van der Waals surface area (Å²) in [5, 5.41) is 13.8. The number of nitrogens with zero attached hydrogens (tertiary/aromatic N) is 1. The zero-order chi connectivity index (χ0) is 12.1. The highest BCUT2D eigenvalue weighted by atomic mass is 79.9. The van der Waals surface area contributed by atoms with Crippen LogP contribution < -0.4 is 5.32 Å². The Kier molecular flexibility index (Phi) is 4.42. The number of carbonyl (C=O) groups excluding carboxylic acids is 1. The van der Waals surface area contributed by atoms with Crippen LogP contribution in [-0.4, -0.2) is 22.2 Å². The second kappa shape index (κ2) is 5.60. The maximum atomic E-state index is 11.6. The minimum absolute atomic E-state index is 0.0164. The molecule has 0 aromatic heterocycles. The van der Waals surface area contributed by atoms with Crippen LogP contribution in [0.3, 0.4) is 0 Å². The van der Waals surface area contributed by atoms with Gasteiger partial charge >= 0.3 is 0 Å². The first-order chi connectivity index (χ1) is 7.54. The number of benzene rings is 1. The summed E-state index contributed by atoms with van der Waals surface area (Å²) in [5.41, 5.74) is 0.392. The second-order valence-electron chi connectivity index (χ2n) is 3.33. The number of rotatable bonds is 4. The first-order valence-electron chi connectivity index (χ1n) is 4.66. The molecule has 86 valence electrons. The lowest BCUT2D eigenvalue weighted by Gasteiger charge is -2.10. The molecule has 0 radical (unpaired) electrons. The monoisotopic (exact) mass is 286 g/mol. The molecule has 0 aliphatic carbocycles. The molecular formula is C10H11BrN2O3. The van der Waals surface area contributed by atoms with Crippen molar-refractivity contribution in [2.24, 2.45) is 0 Å². The van der Waals surface area contributed by atoms with Crippen molar-refractivity contribution in [3.05, 3.63) is 39.9 Å². The van der Waals surface area contributed by atoms with Crippen LogP contribution in [0.5, 0.6) is 0 Å². The van der Waals surface area contributed by atoms with Gasteiger partial charge in [0.1, 0.15) is 0 Å². The van der Waals surface area contributed by atoms with Gasteiger partial charge in [-0.05, 0) is 19.1 Å². The molecule has 1 N–H and O–H groups in total. The van der Waals surface area contributed by atoms with E-state index in [2.05, 4.69) is 21.2 Å². The number of alkyl halides is 1. The number of nitrogens with one attached hydrogen (secondary N) is 1. The van der Waals surface area contributed by atoms with Gasteiger partial charge in [0, 0.05) is 29.1 Å². The Labute approximate surface area is 101 Å². The van der Waals surface area contributed by atoms with E-state index >= 15 is 0 Å². The molecule has 0 fully saturated rings. The number of carbonyl (C=O) groups is 1. The van der Waals surface area contributed by atoms with Crippen molar-refractivity contribution in [1.29, 1.82) is 0 Å². The summed E-state index contributed by atoms with van der Waals surface area (Å²) in [7, 11) is 0. The van der Waals surface area contributed by atoms with Crippen molar-refractivity contribution in [2.45, 2.75) is 13.0 Å². The number of non-ortho nitro benzene ring substituents is 1. The molecule has 1 rings (SSSR count). The van der Waals surface area contributed by atoms with Gasteiger partial charge < -0.3 is 5.32 Å². The van der Waals surface area contributed by atoms with Crippen molar-refractivity contribution in [3.63, 3.8) is 0 Å². The largest absolute Gasteiger partial charge is 0.349 e. The summed E-state index contributed by atoms with van der Waals surface area (Å²) >= 11 is 3.24. The second-order valence-corrected chi connectivity index (χ2v) is 3.98. The molecule has 6 heteroatoms. The first kappa shape index (κ1) is 12.6. The summed E-state index contributed by atoms with van der Waals surface area (Å²) in [4.78, 5) is 21.5. The van der Waals surface area contributed by atoms with Crippen LogP contribution in [0.4, 0.5) is 5.69 Å². The smallest absolute Gasteiger partial charge is 0.269 e. The Balaban J connectivity index is 2.74. The topological polar surface area (TPSA) is 72.2 Å². The molecule has 1 atom stereocenters. The Morgan fingerprint density at radius 3 is 2.50 bits per heavy atom. The Hall–Kier alpha value is -1.43. The molecule has 1 aromatic rings. The van der Waals surface area contributed by atoms with E-state index in [9.17, 15) is 14.9 Å². The van der Waals surface area contributed by atoms with Crippen LogP contribution in [0, 0.1) is 10.1 Å². The number of halogens is 1. The van der Waals surface area contributed by atoms with Crippen LogP contribution >= 0.6 is 15.9 Å². The van der Waals surface area contributed by atoms with Crippen molar-refractivity contribution in [1.82, 2.24) is 5.32 Å². The minimum Gasteiger partial charge on any atom is -0.349 e. The fourth-order valence-electron chi connectivity index (χ4n) is 1.08. The lowest BCUT2D eigenvalue weighted by Crippen LogP contribution is -2.33. The quantitative estimate of drug-likeness (QED) is 0.523. The van der Waals surface area contributed by atoms with Gasteiger partial charge in [0.2, 0.25) is 0 Å². The molecule has 1 aromatic carbocycles. The van der Waals surface area contributed by atoms with Gasteiger partial charge in [0.15, 0.2) is 0 Å². The van der Waals surface area contributed by atoms with Crippen molar-refractivity contribution < 1.29 is 9.72 Å². The Morgan fingerprint density at radius 1 is 1.50 bits per heavy atom. The third kappa shape index (κ3) is 3.30. The van der Waals surface area contributed by atoms with Gasteiger partial charge in [0.05, 0.1) is 4.92 Å². The minimum atomic E-state index is -0.497. The summed E-state index contributed by atoms with van der Waals surface area (Å²) < 4.78 is 0. The Bertz CT molecular complexity index is 392. The van der Waals surface area contributed by atoms with E-state index in [4.69, 9.17) is 0 Å². The molecule has 0 saturated heterocycles. The van der Waals surface area contributed by atoms with Gasteiger partial charge in [-0.25, -0.2) is 0 Å². The molecule has 1 amide bonds. The van der Waals surface area contributed by atoms with Crippen LogP contribution in [0.1, 0.15) is 17.3 Å². The average molecular weight is 287 g/mol. The van der Waals surface area contributed by atoms with Gasteiger partial charge in [-0.1, -0.05) is 15.9 Å². The third-order valence-electron chi connectivity index (χ3n) is 1.95. The zero-order valence-electron chi connectivity index (χ0n) is 8.64. The molecule has 0 spiro atoms. The summed E-state index contributed by atoms with van der Waals surface area (Å²) in [6, 6.07) is 5.52. The predicted molar refractivity (Wildman–Crippen MR) is 63.8 cm³/mol. The lowest BCUT2D eigenvalue weighted by atomic mass is 10.2. The Morgan fingerprint density at radius 2 is 2.06 bits per heavy atom. The molecule has 1 unspecified atom stereocenters. The normalized spacial score (nSPS) is 11.9. The fraction of sp³-hybridized carbons (Fsp3) is 0.300. The SMILES string of the molecule is CC(CBr)NC(=O)c1ccc([N+](=O)[O-])cc1. The average Bonchev–Trinajstić information content (AvgIpc) is 2.28. The first-order valence-corrected chi connectivity index (χ1v) is 5.78. The van der Waals surface area contributed by atoms with Crippen molar-refractivity contribution in [3.8, 4) is 0 Å². The predicted octanol–water partition coefficient (Wildman–Crippen LogP) is 2.11. The van der Waals surface area contributed by atoms with Gasteiger partial charge in [-0.3, -0.25) is 14.9 Å². The van der Waals surface area contributed by atoms with Crippen LogP contribution in [0.2, 0.25) is 0 Å². The van der Waals surface area contributed by atoms with Gasteiger partial charge in [-0.2, -0.15) is 0 Å². The van der Waals surface area contributed by atoms with Crippen LogP contribution in [-0.2, 0) is 0 Å². The van der Waals surface area contributed by atoms with E-state index in [1.165, 1.54) is 24.3 Å². The van der Waals surface area contributed by atoms with E-state index in [1.807, 2.05) is 6.92 Å². The highest BCUT2D eigenvalue weighted by Crippen LogP contribution is 2.11. The molecule has 0 saturated carbocycles. The molecule has 0 aliphatic rings. The summed E-state index contributed by atoms with van der Waals surface area (Å²) in [6.07, 6.45) is 0. The number of amides is 1. The van der Waals surface area contributed by atoms with E-state index in [0.717, 1.165) is 0 Å². The highest BCUT2D eigenvalue weighted by Gasteiger charge is 2.10. The maximum absolute atomic E-state index is 11.6. The molecule has 0 aliphatic heterocycles. The fourth-order valence-corrected chi connectivity index (χ4v) is 1.24. The molecule has 5 nitrogen and oxygen atoms in total. The number of nitro benzene ring substituents is 1. The standard InChI is InChI=1S/C10H11BrN2O3/c1-7(6-11)12-10(14)8-2-4-9(5-3-8)13(15)16/h2-5,7H,6H2,1H3,(H,12,14). The third-order valence-corrected chi connectivity index (χ3v) is 2.92. The van der Waals surface area contributed by atoms with E-state index in [0.29, 0.717) is 10.9 Å². The van der Waals surface area contributed by atoms with Crippen molar-refractivity contribution >= 4 is 27.5 Å². The molecule has 0 bridgehead atoms. The number of hydrogen-bond donors (Lipinski definition) is 1. The van der Waals surface area contributed by atoms with Gasteiger partial charge in [0.25, 0.3) is 11.6 Å². The lowest BCUT2D eigenvalue weighted by molar-refractivity contribution is -0.384.